The molecule has 0 spiro atoms. The molecule has 1 rings (SSSR count). The monoisotopic (exact) mass is 394 g/mol. The topological polar surface area (TPSA) is 52.8 Å². The lowest BCUT2D eigenvalue weighted by Crippen LogP contribution is -2.41. The van der Waals surface area contributed by atoms with Crippen molar-refractivity contribution < 1.29 is 4.42 Å². The van der Waals surface area contributed by atoms with Gasteiger partial charge in [-0.15, -0.1) is 24.0 Å². The number of likely N-dealkylation sites (N-methyl/N-ethyl adjacent to an activating group) is 1. The van der Waals surface area contributed by atoms with Crippen molar-refractivity contribution in [1.29, 1.82) is 0 Å². The van der Waals surface area contributed by atoms with Crippen LogP contribution in [0.5, 0.6) is 0 Å². The summed E-state index contributed by atoms with van der Waals surface area (Å²) < 4.78 is 5.48. The first-order valence-corrected chi connectivity index (χ1v) is 6.79. The molecule has 0 aliphatic heterocycles. The van der Waals surface area contributed by atoms with Gasteiger partial charge in [0.2, 0.25) is 0 Å². The number of nitrogens with zero attached hydrogens (tertiary/aromatic N) is 2. The van der Waals surface area contributed by atoms with Crippen molar-refractivity contribution in [1.82, 2.24) is 15.5 Å². The Morgan fingerprint density at radius 3 is 2.55 bits per heavy atom. The van der Waals surface area contributed by atoms with E-state index in [9.17, 15) is 0 Å². The Bertz CT molecular complexity index is 377. The molecule has 20 heavy (non-hydrogen) atoms. The molecule has 1 atom stereocenters. The lowest BCUT2D eigenvalue weighted by atomic mass is 10.2. The van der Waals surface area contributed by atoms with Crippen LogP contribution < -0.4 is 10.6 Å². The quantitative estimate of drug-likeness (QED) is 0.442. The van der Waals surface area contributed by atoms with E-state index in [2.05, 4.69) is 41.3 Å². The third-order valence-electron chi connectivity index (χ3n) is 2.69. The van der Waals surface area contributed by atoms with Crippen LogP contribution in [0.2, 0.25) is 0 Å². The van der Waals surface area contributed by atoms with Crippen LogP contribution in [0.1, 0.15) is 32.6 Å². The molecule has 0 amide bonds. The van der Waals surface area contributed by atoms with E-state index in [1.165, 1.54) is 0 Å². The highest BCUT2D eigenvalue weighted by Crippen LogP contribution is 2.18. The van der Waals surface area contributed by atoms with Crippen LogP contribution in [0.25, 0.3) is 0 Å². The first-order chi connectivity index (χ1) is 9.04. The number of halogens is 1. The van der Waals surface area contributed by atoms with E-state index < -0.39 is 0 Å². The molecular formula is C14H27IN4O. The molecule has 0 saturated carbocycles. The van der Waals surface area contributed by atoms with Gasteiger partial charge in [-0.05, 0) is 47.0 Å². The lowest BCUT2D eigenvalue weighted by molar-refractivity contribution is 0.265. The van der Waals surface area contributed by atoms with Gasteiger partial charge in [0, 0.05) is 12.6 Å². The second-order valence-electron chi connectivity index (χ2n) is 5.01. The highest BCUT2D eigenvalue weighted by Gasteiger charge is 2.16. The minimum atomic E-state index is 0. The standard InChI is InChI=1S/C14H26N4O.HI/c1-6-15-14(17-11(2)3)16-10-12(18(4)5)13-8-7-9-19-13;/h7-9,11-12H,6,10H2,1-5H3,(H2,15,16,17);1H. The molecule has 5 nitrogen and oxygen atoms in total. The zero-order valence-electron chi connectivity index (χ0n) is 13.0. The summed E-state index contributed by atoms with van der Waals surface area (Å²) in [6, 6.07) is 4.41. The third kappa shape index (κ3) is 6.60. The van der Waals surface area contributed by atoms with Crippen molar-refractivity contribution in [3.8, 4) is 0 Å². The number of hydrogen-bond donors (Lipinski definition) is 2. The molecule has 1 unspecified atom stereocenters. The van der Waals surface area contributed by atoms with E-state index in [0.29, 0.717) is 12.6 Å². The molecule has 2 N–H and O–H groups in total. The fourth-order valence-corrected chi connectivity index (χ4v) is 1.76. The Labute approximate surface area is 139 Å². The van der Waals surface area contributed by atoms with Gasteiger partial charge in [0.05, 0.1) is 18.8 Å². The van der Waals surface area contributed by atoms with E-state index in [-0.39, 0.29) is 30.0 Å². The molecule has 0 fully saturated rings. The molecule has 0 aliphatic rings. The average molecular weight is 394 g/mol. The van der Waals surface area contributed by atoms with E-state index in [4.69, 9.17) is 4.42 Å². The lowest BCUT2D eigenvalue weighted by Gasteiger charge is -2.21. The van der Waals surface area contributed by atoms with Gasteiger partial charge in [-0.1, -0.05) is 0 Å². The van der Waals surface area contributed by atoms with E-state index >= 15 is 0 Å². The van der Waals surface area contributed by atoms with Gasteiger partial charge in [0.15, 0.2) is 5.96 Å². The molecule has 116 valence electrons. The second kappa shape index (κ2) is 10.0. The van der Waals surface area contributed by atoms with Crippen LogP contribution in [0.4, 0.5) is 0 Å². The maximum atomic E-state index is 5.48. The van der Waals surface area contributed by atoms with Crippen molar-refractivity contribution >= 4 is 29.9 Å². The number of rotatable bonds is 6. The maximum Gasteiger partial charge on any atom is 0.191 e. The van der Waals surface area contributed by atoms with Crippen LogP contribution in [-0.2, 0) is 0 Å². The number of furan rings is 1. The summed E-state index contributed by atoms with van der Waals surface area (Å²) in [5, 5.41) is 6.55. The molecule has 1 aromatic heterocycles. The molecular weight excluding hydrogens is 367 g/mol. The minimum Gasteiger partial charge on any atom is -0.468 e. The molecule has 0 aliphatic carbocycles. The zero-order valence-corrected chi connectivity index (χ0v) is 15.3. The Kier molecular flexibility index (Phi) is 9.66. The molecule has 6 heteroatoms. The van der Waals surface area contributed by atoms with Crippen LogP contribution in [0.3, 0.4) is 0 Å². The second-order valence-corrected chi connectivity index (χ2v) is 5.01. The number of guanidine groups is 1. The fourth-order valence-electron chi connectivity index (χ4n) is 1.76. The van der Waals surface area contributed by atoms with Crippen molar-refractivity contribution in [2.75, 3.05) is 27.2 Å². The zero-order chi connectivity index (χ0) is 14.3. The van der Waals surface area contributed by atoms with Gasteiger partial charge in [0.25, 0.3) is 0 Å². The Morgan fingerprint density at radius 2 is 2.10 bits per heavy atom. The maximum absolute atomic E-state index is 5.48. The van der Waals surface area contributed by atoms with Crippen LogP contribution in [0, 0.1) is 0 Å². The predicted octanol–water partition coefficient (Wildman–Crippen LogP) is 2.46. The first-order valence-electron chi connectivity index (χ1n) is 6.79. The average Bonchev–Trinajstić information content (AvgIpc) is 2.81. The Morgan fingerprint density at radius 1 is 1.40 bits per heavy atom. The van der Waals surface area contributed by atoms with Crippen molar-refractivity contribution in [2.45, 2.75) is 32.9 Å². The van der Waals surface area contributed by atoms with Crippen molar-refractivity contribution in [3.63, 3.8) is 0 Å². The van der Waals surface area contributed by atoms with E-state index in [0.717, 1.165) is 18.3 Å². The summed E-state index contributed by atoms with van der Waals surface area (Å²) in [5.74, 6) is 1.78. The summed E-state index contributed by atoms with van der Waals surface area (Å²) in [5.41, 5.74) is 0. The highest BCUT2D eigenvalue weighted by atomic mass is 127. The van der Waals surface area contributed by atoms with Gasteiger partial charge in [-0.25, -0.2) is 0 Å². The van der Waals surface area contributed by atoms with Gasteiger partial charge < -0.3 is 15.1 Å². The number of aliphatic imine (C=N–C) groups is 1. The summed E-state index contributed by atoms with van der Waals surface area (Å²) in [6.45, 7) is 7.77. The molecule has 0 bridgehead atoms. The SMILES string of the molecule is CCNC(=NCC(c1ccco1)N(C)C)NC(C)C.I. The van der Waals surface area contributed by atoms with Gasteiger partial charge in [-0.3, -0.25) is 9.89 Å². The van der Waals surface area contributed by atoms with Crippen molar-refractivity contribution in [2.24, 2.45) is 4.99 Å². The van der Waals surface area contributed by atoms with Crippen LogP contribution in [-0.4, -0.2) is 44.1 Å². The van der Waals surface area contributed by atoms with Gasteiger partial charge >= 0.3 is 0 Å². The van der Waals surface area contributed by atoms with Gasteiger partial charge in [-0.2, -0.15) is 0 Å². The van der Waals surface area contributed by atoms with Crippen molar-refractivity contribution in [3.05, 3.63) is 24.2 Å². The van der Waals surface area contributed by atoms with E-state index in [1.54, 1.807) is 6.26 Å². The summed E-state index contributed by atoms with van der Waals surface area (Å²) in [4.78, 5) is 6.74. The first kappa shape index (κ1) is 19.2. The highest BCUT2D eigenvalue weighted by molar-refractivity contribution is 14.0. The predicted molar refractivity (Wildman–Crippen MR) is 94.8 cm³/mol. The smallest absolute Gasteiger partial charge is 0.191 e. The van der Waals surface area contributed by atoms with Gasteiger partial charge in [0.1, 0.15) is 5.76 Å². The number of hydrogen-bond acceptors (Lipinski definition) is 3. The molecule has 1 aromatic rings. The van der Waals surface area contributed by atoms with Crippen LogP contribution >= 0.6 is 24.0 Å². The summed E-state index contributed by atoms with van der Waals surface area (Å²) in [7, 11) is 4.07. The molecule has 0 radical (unpaired) electrons. The normalized spacial score (nSPS) is 13.2. The number of nitrogens with one attached hydrogen (secondary N) is 2. The Hall–Kier alpha value is -0.760. The molecule has 0 saturated heterocycles. The van der Waals surface area contributed by atoms with Crippen LogP contribution in [0.15, 0.2) is 27.8 Å². The largest absolute Gasteiger partial charge is 0.468 e. The fraction of sp³-hybridized carbons (Fsp3) is 0.643. The molecule has 0 aromatic carbocycles. The minimum absolute atomic E-state index is 0. The summed E-state index contributed by atoms with van der Waals surface area (Å²) >= 11 is 0. The Balaban J connectivity index is 0.00000361. The molecule has 1 heterocycles. The van der Waals surface area contributed by atoms with E-state index in [1.807, 2.05) is 26.2 Å². The summed E-state index contributed by atoms with van der Waals surface area (Å²) in [6.07, 6.45) is 1.70. The third-order valence-corrected chi connectivity index (χ3v) is 2.69.